The van der Waals surface area contributed by atoms with Crippen LogP contribution in [0, 0.1) is 0 Å². The van der Waals surface area contributed by atoms with Crippen LogP contribution in [0.25, 0.3) is 11.4 Å². The minimum atomic E-state index is -0.519. The molecule has 0 radical (unpaired) electrons. The van der Waals surface area contributed by atoms with Gasteiger partial charge in [-0.3, -0.25) is 9.78 Å². The lowest BCUT2D eigenvalue weighted by Crippen LogP contribution is -2.42. The van der Waals surface area contributed by atoms with Crippen LogP contribution in [0.1, 0.15) is 59.3 Å². The van der Waals surface area contributed by atoms with Crippen molar-refractivity contribution in [3.05, 3.63) is 71.2 Å². The van der Waals surface area contributed by atoms with Crippen molar-refractivity contribution in [3.8, 4) is 11.4 Å². The van der Waals surface area contributed by atoms with Crippen LogP contribution < -0.4 is 5.32 Å². The summed E-state index contributed by atoms with van der Waals surface area (Å²) in [5.41, 5.74) is 4.42. The number of nitrogens with zero attached hydrogens (tertiary/aromatic N) is 4. The van der Waals surface area contributed by atoms with Crippen LogP contribution in [0.5, 0.6) is 0 Å². The Balaban J connectivity index is 1.38. The largest absolute Gasteiger partial charge is 0.365 e. The van der Waals surface area contributed by atoms with E-state index >= 15 is 0 Å². The molecular formula is C27H30FN5O. The van der Waals surface area contributed by atoms with Gasteiger partial charge < -0.3 is 10.2 Å². The molecule has 1 aliphatic carbocycles. The highest BCUT2D eigenvalue weighted by atomic mass is 19.1. The number of likely N-dealkylation sites (tertiary alicyclic amines) is 1. The zero-order chi connectivity index (χ0) is 23.3. The van der Waals surface area contributed by atoms with Crippen LogP contribution in [0.15, 0.2) is 48.8 Å². The number of fused-ring (bicyclic) bond motifs is 1. The van der Waals surface area contributed by atoms with Crippen molar-refractivity contribution < 1.29 is 9.18 Å². The van der Waals surface area contributed by atoms with Gasteiger partial charge in [0.05, 0.1) is 0 Å². The molecule has 1 unspecified atom stereocenters. The topological polar surface area (TPSA) is 71.0 Å². The average Bonchev–Trinajstić information content (AvgIpc) is 3.35. The van der Waals surface area contributed by atoms with E-state index < -0.39 is 6.67 Å². The number of aromatic nitrogens is 3. The second kappa shape index (κ2) is 10.3. The molecular weight excluding hydrogens is 429 g/mol. The van der Waals surface area contributed by atoms with Crippen LogP contribution in [-0.4, -0.2) is 44.9 Å². The Morgan fingerprint density at radius 2 is 1.94 bits per heavy atom. The monoisotopic (exact) mass is 459 g/mol. The summed E-state index contributed by atoms with van der Waals surface area (Å²) in [6.07, 6.45) is 10.7. The van der Waals surface area contributed by atoms with Crippen LogP contribution in [-0.2, 0) is 19.5 Å². The lowest BCUT2D eigenvalue weighted by molar-refractivity contribution is 0.0735. The van der Waals surface area contributed by atoms with Gasteiger partial charge in [0.25, 0.3) is 5.91 Å². The standard InChI is InChI=1S/C27H30FN5O/c28-16-19-10-12-20(13-11-19)27(34)33-15-3-1-2-7-22(18-33)30-26-23-8-4-9-24(23)31-25(32-26)21-6-5-14-29-17-21/h5-6,10-14,17,22H,1-4,7-9,15-16,18H2,(H,30,31,32). The summed E-state index contributed by atoms with van der Waals surface area (Å²) >= 11 is 0. The molecule has 0 saturated carbocycles. The van der Waals surface area contributed by atoms with Crippen molar-refractivity contribution in [2.75, 3.05) is 18.4 Å². The van der Waals surface area contributed by atoms with Gasteiger partial charge in [-0.05, 0) is 61.9 Å². The molecule has 2 aromatic heterocycles. The summed E-state index contributed by atoms with van der Waals surface area (Å²) in [7, 11) is 0. The van der Waals surface area contributed by atoms with Gasteiger partial charge >= 0.3 is 0 Å². The molecule has 1 aromatic carbocycles. The highest BCUT2D eigenvalue weighted by molar-refractivity contribution is 5.94. The molecule has 6 nitrogen and oxygen atoms in total. The van der Waals surface area contributed by atoms with Gasteiger partial charge in [-0.2, -0.15) is 0 Å². The molecule has 5 rings (SSSR count). The van der Waals surface area contributed by atoms with E-state index in [1.807, 2.05) is 17.0 Å². The van der Waals surface area contributed by atoms with Gasteiger partial charge in [-0.1, -0.05) is 25.0 Å². The molecule has 3 aromatic rings. The average molecular weight is 460 g/mol. The number of alkyl halides is 1. The number of carbonyl (C=O) groups excluding carboxylic acids is 1. The molecule has 1 amide bonds. The van der Waals surface area contributed by atoms with E-state index in [9.17, 15) is 9.18 Å². The van der Waals surface area contributed by atoms with Crippen LogP contribution >= 0.6 is 0 Å². The number of hydrogen-bond donors (Lipinski definition) is 1. The number of anilines is 1. The Morgan fingerprint density at radius 3 is 2.74 bits per heavy atom. The fraction of sp³-hybridized carbons (Fsp3) is 0.407. The number of amides is 1. The predicted molar refractivity (Wildman–Crippen MR) is 130 cm³/mol. The normalized spacial score (nSPS) is 18.1. The fourth-order valence-corrected chi connectivity index (χ4v) is 4.91. The van der Waals surface area contributed by atoms with Crippen molar-refractivity contribution >= 4 is 11.7 Å². The first-order valence-electron chi connectivity index (χ1n) is 12.2. The minimum absolute atomic E-state index is 0.00285. The van der Waals surface area contributed by atoms with Gasteiger partial charge in [0.15, 0.2) is 5.82 Å². The van der Waals surface area contributed by atoms with E-state index in [4.69, 9.17) is 9.97 Å². The van der Waals surface area contributed by atoms with Crippen molar-refractivity contribution in [1.82, 2.24) is 19.9 Å². The molecule has 176 valence electrons. The number of benzene rings is 1. The Bertz CT molecular complexity index is 1140. The van der Waals surface area contributed by atoms with Crippen molar-refractivity contribution in [2.45, 2.75) is 57.7 Å². The fourth-order valence-electron chi connectivity index (χ4n) is 4.91. The third kappa shape index (κ3) is 4.93. The summed E-state index contributed by atoms with van der Waals surface area (Å²) in [6.45, 7) is 0.823. The number of rotatable bonds is 5. The highest BCUT2D eigenvalue weighted by Gasteiger charge is 2.25. The molecule has 34 heavy (non-hydrogen) atoms. The highest BCUT2D eigenvalue weighted by Crippen LogP contribution is 2.30. The molecule has 1 saturated heterocycles. The quantitative estimate of drug-likeness (QED) is 0.582. The van der Waals surface area contributed by atoms with E-state index in [0.29, 0.717) is 23.5 Å². The van der Waals surface area contributed by atoms with Crippen molar-refractivity contribution in [3.63, 3.8) is 0 Å². The number of aryl methyl sites for hydroxylation is 1. The summed E-state index contributed by atoms with van der Waals surface area (Å²) < 4.78 is 12.9. The first-order valence-corrected chi connectivity index (χ1v) is 12.2. The molecule has 1 atom stereocenters. The lowest BCUT2D eigenvalue weighted by Gasteiger charge is -2.31. The summed E-state index contributed by atoms with van der Waals surface area (Å²) in [5, 5.41) is 3.70. The summed E-state index contributed by atoms with van der Waals surface area (Å²) in [4.78, 5) is 29.2. The second-order valence-corrected chi connectivity index (χ2v) is 9.19. The Kier molecular flexibility index (Phi) is 6.79. The number of nitrogens with one attached hydrogen (secondary N) is 1. The molecule has 0 spiro atoms. The molecule has 1 fully saturated rings. The number of pyridine rings is 1. The van der Waals surface area contributed by atoms with Gasteiger partial charge in [0, 0.05) is 53.9 Å². The van der Waals surface area contributed by atoms with Gasteiger partial charge in [-0.15, -0.1) is 0 Å². The minimum Gasteiger partial charge on any atom is -0.365 e. The zero-order valence-corrected chi connectivity index (χ0v) is 19.3. The van der Waals surface area contributed by atoms with E-state index in [2.05, 4.69) is 10.3 Å². The molecule has 7 heteroatoms. The van der Waals surface area contributed by atoms with Crippen molar-refractivity contribution in [2.24, 2.45) is 0 Å². The molecule has 3 heterocycles. The Hall–Kier alpha value is -3.35. The van der Waals surface area contributed by atoms with Crippen molar-refractivity contribution in [1.29, 1.82) is 0 Å². The van der Waals surface area contributed by atoms with E-state index in [1.54, 1.807) is 36.7 Å². The van der Waals surface area contributed by atoms with E-state index in [1.165, 1.54) is 5.56 Å². The summed E-state index contributed by atoms with van der Waals surface area (Å²) in [5.74, 6) is 1.60. The Labute approximate surface area is 199 Å². The first kappa shape index (κ1) is 22.4. The van der Waals surface area contributed by atoms with Crippen LogP contribution in [0.2, 0.25) is 0 Å². The Morgan fingerprint density at radius 1 is 1.06 bits per heavy atom. The third-order valence-corrected chi connectivity index (χ3v) is 6.76. The summed E-state index contributed by atoms with van der Waals surface area (Å²) in [6, 6.07) is 10.8. The van der Waals surface area contributed by atoms with E-state index in [-0.39, 0.29) is 11.9 Å². The number of hydrogen-bond acceptors (Lipinski definition) is 5. The van der Waals surface area contributed by atoms with Gasteiger partial charge in [0.1, 0.15) is 12.5 Å². The smallest absolute Gasteiger partial charge is 0.253 e. The predicted octanol–water partition coefficient (Wildman–Crippen LogP) is 4.99. The number of carbonyl (C=O) groups is 1. The lowest BCUT2D eigenvalue weighted by atomic mass is 10.0. The maximum Gasteiger partial charge on any atom is 0.253 e. The second-order valence-electron chi connectivity index (χ2n) is 9.19. The first-order chi connectivity index (χ1) is 16.7. The molecule has 1 N–H and O–H groups in total. The van der Waals surface area contributed by atoms with Crippen LogP contribution in [0.3, 0.4) is 0 Å². The van der Waals surface area contributed by atoms with E-state index in [0.717, 1.165) is 68.6 Å². The zero-order valence-electron chi connectivity index (χ0n) is 19.3. The number of halogens is 1. The van der Waals surface area contributed by atoms with Gasteiger partial charge in [0.2, 0.25) is 0 Å². The third-order valence-electron chi connectivity index (χ3n) is 6.76. The van der Waals surface area contributed by atoms with Crippen LogP contribution in [0.4, 0.5) is 10.2 Å². The van der Waals surface area contributed by atoms with Gasteiger partial charge in [-0.25, -0.2) is 14.4 Å². The maximum atomic E-state index is 13.3. The maximum absolute atomic E-state index is 13.3. The SMILES string of the molecule is O=C(c1ccc(CF)cc1)N1CCCCCC(Nc2nc(-c3cccnc3)nc3c2CCC3)C1. The molecule has 1 aliphatic heterocycles. The molecule has 2 aliphatic rings. The molecule has 0 bridgehead atoms.